The highest BCUT2D eigenvalue weighted by Gasteiger charge is 2.38. The quantitative estimate of drug-likeness (QED) is 0.274. The minimum Gasteiger partial charge on any atom is -0.342 e. The molecule has 0 fully saturated rings. The van der Waals surface area contributed by atoms with E-state index in [9.17, 15) is 31.1 Å². The van der Waals surface area contributed by atoms with Crippen molar-refractivity contribution in [1.29, 1.82) is 0 Å². The molecule has 0 aliphatic rings. The average molecular weight is 532 g/mol. The van der Waals surface area contributed by atoms with Gasteiger partial charge in [0, 0.05) is 39.6 Å². The molecule has 182 valence electrons. The van der Waals surface area contributed by atoms with Crippen molar-refractivity contribution in [2.75, 3.05) is 5.32 Å². The molecule has 4 rings (SSSR count). The summed E-state index contributed by atoms with van der Waals surface area (Å²) in [7, 11) is 0. The Balaban J connectivity index is 1.74. The number of carbonyl (C=O) groups excluding carboxylic acids is 1. The molecule has 0 atom stereocenters. The molecule has 1 amide bonds. The van der Waals surface area contributed by atoms with Crippen LogP contribution in [0.3, 0.4) is 0 Å². The zero-order valence-electron chi connectivity index (χ0n) is 17.3. The number of anilines is 1. The lowest BCUT2D eigenvalue weighted by atomic mass is 10.1. The summed E-state index contributed by atoms with van der Waals surface area (Å²) in [6.45, 7) is 0.139. The van der Waals surface area contributed by atoms with E-state index in [1.165, 1.54) is 18.6 Å². The second-order valence-electron chi connectivity index (χ2n) is 7.47. The van der Waals surface area contributed by atoms with Crippen LogP contribution >= 0.6 is 23.2 Å². The second kappa shape index (κ2) is 9.09. The van der Waals surface area contributed by atoms with Gasteiger partial charge in [0.25, 0.3) is 5.91 Å². The number of halogens is 8. The molecule has 4 nitrogen and oxygen atoms in total. The van der Waals surface area contributed by atoms with Gasteiger partial charge in [-0.2, -0.15) is 26.3 Å². The Morgan fingerprint density at radius 1 is 0.971 bits per heavy atom. The van der Waals surface area contributed by atoms with E-state index in [1.807, 2.05) is 0 Å². The van der Waals surface area contributed by atoms with Crippen molar-refractivity contribution in [2.24, 2.45) is 0 Å². The Bertz CT molecular complexity index is 1410. The first kappa shape index (κ1) is 24.9. The molecule has 0 aliphatic carbocycles. The zero-order chi connectivity index (χ0) is 25.5. The molecule has 0 radical (unpaired) electrons. The minimum absolute atomic E-state index is 0.0377. The number of hydrogen-bond donors (Lipinski definition) is 1. The minimum atomic E-state index is -5.14. The van der Waals surface area contributed by atoms with Crippen LogP contribution < -0.4 is 5.32 Å². The number of nitrogens with one attached hydrogen (secondary N) is 1. The molecule has 0 saturated carbocycles. The molecule has 1 N–H and O–H groups in total. The molecule has 0 spiro atoms. The fourth-order valence-corrected chi connectivity index (χ4v) is 4.08. The lowest BCUT2D eigenvalue weighted by Crippen LogP contribution is -2.18. The molecule has 35 heavy (non-hydrogen) atoms. The molecule has 4 aromatic rings. The maximum absolute atomic E-state index is 13.5. The van der Waals surface area contributed by atoms with E-state index in [4.69, 9.17) is 23.2 Å². The third-order valence-electron chi connectivity index (χ3n) is 5.22. The molecule has 12 heteroatoms. The van der Waals surface area contributed by atoms with Crippen LogP contribution in [0.1, 0.15) is 27.0 Å². The zero-order valence-corrected chi connectivity index (χ0v) is 18.8. The maximum Gasteiger partial charge on any atom is 0.418 e. The lowest BCUT2D eigenvalue weighted by molar-refractivity contribution is -0.142. The molecule has 2 aromatic carbocycles. The molecule has 2 heterocycles. The first-order chi connectivity index (χ1) is 16.4. The van der Waals surface area contributed by atoms with E-state index >= 15 is 0 Å². The molecule has 2 aromatic heterocycles. The van der Waals surface area contributed by atoms with Gasteiger partial charge in [-0.05, 0) is 36.4 Å². The molecule has 0 aliphatic heterocycles. The van der Waals surface area contributed by atoms with Crippen LogP contribution in [0.15, 0.2) is 61.1 Å². The fraction of sp³-hybridized carbons (Fsp3) is 0.130. The number of rotatable bonds is 4. The third kappa shape index (κ3) is 5.08. The monoisotopic (exact) mass is 531 g/mol. The van der Waals surface area contributed by atoms with Crippen molar-refractivity contribution < 1.29 is 31.1 Å². The summed E-state index contributed by atoms with van der Waals surface area (Å²) in [6, 6.07) is 7.52. The van der Waals surface area contributed by atoms with Crippen molar-refractivity contribution >= 4 is 45.7 Å². The van der Waals surface area contributed by atoms with E-state index in [2.05, 4.69) is 10.3 Å². The van der Waals surface area contributed by atoms with E-state index in [0.29, 0.717) is 38.6 Å². The summed E-state index contributed by atoms with van der Waals surface area (Å²) in [5.74, 6) is -0.961. The van der Waals surface area contributed by atoms with Crippen LogP contribution in [0.25, 0.3) is 10.9 Å². The summed E-state index contributed by atoms with van der Waals surface area (Å²) >= 11 is 12.5. The molecular weight excluding hydrogens is 519 g/mol. The average Bonchev–Trinajstić information content (AvgIpc) is 3.14. The smallest absolute Gasteiger partial charge is 0.342 e. The van der Waals surface area contributed by atoms with Crippen molar-refractivity contribution in [1.82, 2.24) is 9.55 Å². The van der Waals surface area contributed by atoms with Gasteiger partial charge in [-0.15, -0.1) is 0 Å². The SMILES string of the molecule is O=C(Nc1ccc(C(F)(F)F)cc1C(F)(F)F)c1cn(Cc2c(Cl)cccc2Cl)c2ccncc12. The highest BCUT2D eigenvalue weighted by molar-refractivity contribution is 6.36. The summed E-state index contributed by atoms with van der Waals surface area (Å²) in [5.41, 5.74) is -2.88. The van der Waals surface area contributed by atoms with Gasteiger partial charge >= 0.3 is 12.4 Å². The van der Waals surface area contributed by atoms with Crippen LogP contribution in [0, 0.1) is 0 Å². The normalized spacial score (nSPS) is 12.2. The standard InChI is InChI=1S/C23H13Cl2F6N3O/c24-17-2-1-3-18(25)15(17)11-34-10-14(13-9-32-7-6-20(13)34)21(35)33-19-5-4-12(22(26,27)28)8-16(19)23(29,30)31/h1-10H,11H2,(H,33,35). The van der Waals surface area contributed by atoms with Crippen molar-refractivity contribution in [2.45, 2.75) is 18.9 Å². The molecule has 0 saturated heterocycles. The number of pyridine rings is 1. The van der Waals surface area contributed by atoms with Gasteiger partial charge in [-0.25, -0.2) is 0 Å². The van der Waals surface area contributed by atoms with E-state index in [0.717, 1.165) is 0 Å². The topological polar surface area (TPSA) is 46.9 Å². The fourth-order valence-electron chi connectivity index (χ4n) is 3.56. The van der Waals surface area contributed by atoms with Crippen molar-refractivity contribution in [3.63, 3.8) is 0 Å². The third-order valence-corrected chi connectivity index (χ3v) is 5.93. The van der Waals surface area contributed by atoms with Gasteiger partial charge in [0.2, 0.25) is 0 Å². The predicted octanol–water partition coefficient (Wildman–Crippen LogP) is 7.68. The van der Waals surface area contributed by atoms with Gasteiger partial charge in [0.15, 0.2) is 0 Å². The van der Waals surface area contributed by atoms with Crippen LogP contribution in [-0.2, 0) is 18.9 Å². The van der Waals surface area contributed by atoms with Crippen LogP contribution in [0.5, 0.6) is 0 Å². The number of benzene rings is 2. The Kier molecular flexibility index (Phi) is 6.46. The van der Waals surface area contributed by atoms with Gasteiger partial charge < -0.3 is 9.88 Å². The molecule has 0 unspecified atom stereocenters. The van der Waals surface area contributed by atoms with E-state index < -0.39 is 35.1 Å². The summed E-state index contributed by atoms with van der Waals surface area (Å²) in [5, 5.41) is 3.15. The number of carbonyl (C=O) groups is 1. The summed E-state index contributed by atoms with van der Waals surface area (Å²) in [4.78, 5) is 17.0. The Hall–Kier alpha value is -3.24. The van der Waals surface area contributed by atoms with Crippen LogP contribution in [0.2, 0.25) is 10.0 Å². The number of fused-ring (bicyclic) bond motifs is 1. The number of amides is 1. The van der Waals surface area contributed by atoms with Gasteiger partial charge in [0.1, 0.15) is 0 Å². The largest absolute Gasteiger partial charge is 0.418 e. The Morgan fingerprint density at radius 3 is 2.29 bits per heavy atom. The van der Waals surface area contributed by atoms with Crippen molar-refractivity contribution in [3.05, 3.63) is 93.4 Å². The molecular formula is C23H13Cl2F6N3O. The number of nitrogens with zero attached hydrogens (tertiary/aromatic N) is 2. The lowest BCUT2D eigenvalue weighted by Gasteiger charge is -2.16. The number of hydrogen-bond acceptors (Lipinski definition) is 2. The van der Waals surface area contributed by atoms with Gasteiger partial charge in [-0.3, -0.25) is 9.78 Å². The van der Waals surface area contributed by atoms with Gasteiger partial charge in [0.05, 0.1) is 34.4 Å². The summed E-state index contributed by atoms with van der Waals surface area (Å²) in [6.07, 6.45) is -5.92. The Morgan fingerprint density at radius 2 is 1.66 bits per heavy atom. The number of aromatic nitrogens is 2. The number of alkyl halides is 6. The van der Waals surface area contributed by atoms with Crippen LogP contribution in [-0.4, -0.2) is 15.5 Å². The highest BCUT2D eigenvalue weighted by atomic mass is 35.5. The first-order valence-electron chi connectivity index (χ1n) is 9.82. The Labute approximate surface area is 204 Å². The van der Waals surface area contributed by atoms with E-state index in [1.54, 1.807) is 28.8 Å². The first-order valence-corrected chi connectivity index (χ1v) is 10.6. The van der Waals surface area contributed by atoms with Crippen molar-refractivity contribution in [3.8, 4) is 0 Å². The molecule has 0 bridgehead atoms. The second-order valence-corrected chi connectivity index (χ2v) is 8.29. The van der Waals surface area contributed by atoms with Gasteiger partial charge in [-0.1, -0.05) is 29.3 Å². The van der Waals surface area contributed by atoms with Crippen LogP contribution in [0.4, 0.5) is 32.0 Å². The summed E-state index contributed by atoms with van der Waals surface area (Å²) < 4.78 is 80.9. The maximum atomic E-state index is 13.5. The van der Waals surface area contributed by atoms with E-state index in [-0.39, 0.29) is 18.2 Å². The highest BCUT2D eigenvalue weighted by Crippen LogP contribution is 2.39. The predicted molar refractivity (Wildman–Crippen MR) is 120 cm³/mol.